The summed E-state index contributed by atoms with van der Waals surface area (Å²) in [6, 6.07) is 14.1. The van der Waals surface area contributed by atoms with E-state index in [1.807, 2.05) is 42.2 Å². The minimum atomic E-state index is -0.476. The van der Waals surface area contributed by atoms with Crippen molar-refractivity contribution in [1.82, 2.24) is 9.88 Å². The summed E-state index contributed by atoms with van der Waals surface area (Å²) in [4.78, 5) is 31.4. The number of rotatable bonds is 8. The molecule has 0 N–H and O–H groups in total. The number of nitrogens with zero attached hydrogens (tertiary/aromatic N) is 2. The van der Waals surface area contributed by atoms with Gasteiger partial charge in [-0.1, -0.05) is 36.4 Å². The lowest BCUT2D eigenvalue weighted by Gasteiger charge is -2.40. The average Bonchev–Trinajstić information content (AvgIpc) is 2.76. The number of aryl methyl sites for hydroxylation is 1. The first-order valence-corrected chi connectivity index (χ1v) is 10.5. The maximum absolute atomic E-state index is 12.8. The molecule has 2 aromatic rings. The normalized spacial score (nSPS) is 15.7. The van der Waals surface area contributed by atoms with E-state index in [0.29, 0.717) is 39.0 Å². The molecule has 154 valence electrons. The highest BCUT2D eigenvalue weighted by Crippen LogP contribution is 2.38. The fourth-order valence-corrected chi connectivity index (χ4v) is 4.09. The third-order valence-electron chi connectivity index (χ3n) is 5.82. The van der Waals surface area contributed by atoms with E-state index in [2.05, 4.69) is 17.1 Å². The molecule has 1 amide bonds. The van der Waals surface area contributed by atoms with Crippen LogP contribution in [-0.2, 0) is 27.2 Å². The molecule has 3 rings (SSSR count). The highest BCUT2D eigenvalue weighted by Gasteiger charge is 2.42. The molecule has 1 aliphatic heterocycles. The van der Waals surface area contributed by atoms with Crippen molar-refractivity contribution in [3.63, 3.8) is 0 Å². The summed E-state index contributed by atoms with van der Waals surface area (Å²) in [6.45, 7) is 3.44. The molecule has 1 aliphatic rings. The maximum Gasteiger partial charge on any atom is 0.312 e. The van der Waals surface area contributed by atoms with Gasteiger partial charge in [0.2, 0.25) is 5.91 Å². The van der Waals surface area contributed by atoms with Gasteiger partial charge in [-0.15, -0.1) is 0 Å². The van der Waals surface area contributed by atoms with Crippen molar-refractivity contribution in [3.05, 3.63) is 66.0 Å². The molecule has 1 fully saturated rings. The van der Waals surface area contributed by atoms with Crippen LogP contribution < -0.4 is 0 Å². The van der Waals surface area contributed by atoms with E-state index in [-0.39, 0.29) is 11.9 Å². The van der Waals surface area contributed by atoms with Gasteiger partial charge in [-0.05, 0) is 56.2 Å². The molecule has 0 unspecified atom stereocenters. The maximum atomic E-state index is 12.8. The topological polar surface area (TPSA) is 59.5 Å². The van der Waals surface area contributed by atoms with Crippen molar-refractivity contribution in [2.24, 2.45) is 5.41 Å². The van der Waals surface area contributed by atoms with Gasteiger partial charge in [-0.3, -0.25) is 14.6 Å². The fraction of sp³-hybridized carbons (Fsp3) is 0.458. The fourth-order valence-electron chi connectivity index (χ4n) is 4.09. The second-order valence-corrected chi connectivity index (χ2v) is 7.76. The number of aromatic nitrogens is 1. The number of piperidine rings is 1. The summed E-state index contributed by atoms with van der Waals surface area (Å²) in [5, 5.41) is 0. The zero-order valence-electron chi connectivity index (χ0n) is 17.2. The zero-order valence-corrected chi connectivity index (χ0v) is 17.2. The standard InChI is InChI=1S/C24H30N2O3/c1-2-29-23(28)24(12-6-10-20-8-4-3-5-9-20)13-16-26(17-14-24)22(27)18-21-11-7-15-25-19-21/h3-5,7-9,11,15,19H,2,6,10,12-14,16-18H2,1H3. The molecule has 29 heavy (non-hydrogen) atoms. The molecular weight excluding hydrogens is 364 g/mol. The number of hydrogen-bond acceptors (Lipinski definition) is 4. The minimum absolute atomic E-state index is 0.0970. The second-order valence-electron chi connectivity index (χ2n) is 7.76. The number of pyridine rings is 1. The Balaban J connectivity index is 1.58. The van der Waals surface area contributed by atoms with Gasteiger partial charge in [0, 0.05) is 25.5 Å². The molecule has 0 spiro atoms. The summed E-state index contributed by atoms with van der Waals surface area (Å²) in [5.41, 5.74) is 1.73. The van der Waals surface area contributed by atoms with Crippen LogP contribution in [0.25, 0.3) is 0 Å². The van der Waals surface area contributed by atoms with Crippen molar-refractivity contribution in [1.29, 1.82) is 0 Å². The average molecular weight is 395 g/mol. The summed E-state index contributed by atoms with van der Waals surface area (Å²) in [5.74, 6) is -0.00726. The molecule has 5 nitrogen and oxygen atoms in total. The van der Waals surface area contributed by atoms with Gasteiger partial charge in [0.1, 0.15) is 0 Å². The SMILES string of the molecule is CCOC(=O)C1(CCCc2ccccc2)CCN(C(=O)Cc2cccnc2)CC1. The van der Waals surface area contributed by atoms with Gasteiger partial charge in [0.05, 0.1) is 18.4 Å². The van der Waals surface area contributed by atoms with Crippen molar-refractivity contribution in [3.8, 4) is 0 Å². The van der Waals surface area contributed by atoms with Crippen molar-refractivity contribution in [2.45, 2.75) is 45.4 Å². The van der Waals surface area contributed by atoms with Crippen LogP contribution in [-0.4, -0.2) is 41.5 Å². The molecule has 0 bridgehead atoms. The first-order chi connectivity index (χ1) is 14.1. The van der Waals surface area contributed by atoms with E-state index in [9.17, 15) is 9.59 Å². The minimum Gasteiger partial charge on any atom is -0.466 e. The molecule has 0 aliphatic carbocycles. The van der Waals surface area contributed by atoms with E-state index in [0.717, 1.165) is 24.8 Å². The Morgan fingerprint density at radius 3 is 2.45 bits per heavy atom. The zero-order chi connectivity index (χ0) is 20.5. The quantitative estimate of drug-likeness (QED) is 0.639. The number of carbonyl (C=O) groups excluding carboxylic acids is 2. The molecule has 1 saturated heterocycles. The number of ether oxygens (including phenoxy) is 1. The smallest absolute Gasteiger partial charge is 0.312 e. The number of benzene rings is 1. The second kappa shape index (κ2) is 10.2. The van der Waals surface area contributed by atoms with Gasteiger partial charge in [0.15, 0.2) is 0 Å². The molecule has 1 aromatic carbocycles. The van der Waals surface area contributed by atoms with Crippen LogP contribution in [0.5, 0.6) is 0 Å². The molecule has 5 heteroatoms. The first-order valence-electron chi connectivity index (χ1n) is 10.5. The van der Waals surface area contributed by atoms with Crippen LogP contribution in [0.4, 0.5) is 0 Å². The largest absolute Gasteiger partial charge is 0.466 e. The van der Waals surface area contributed by atoms with Gasteiger partial charge in [-0.25, -0.2) is 0 Å². The number of amides is 1. The lowest BCUT2D eigenvalue weighted by Crippen LogP contribution is -2.47. The molecule has 0 saturated carbocycles. The van der Waals surface area contributed by atoms with E-state index in [1.165, 1.54) is 5.56 Å². The number of hydrogen-bond donors (Lipinski definition) is 0. The number of carbonyl (C=O) groups is 2. The van der Waals surface area contributed by atoms with Gasteiger partial charge >= 0.3 is 5.97 Å². The van der Waals surface area contributed by atoms with E-state index in [4.69, 9.17) is 4.74 Å². The monoisotopic (exact) mass is 394 g/mol. The Bertz CT molecular complexity index is 784. The van der Waals surface area contributed by atoms with Gasteiger partial charge in [0.25, 0.3) is 0 Å². The summed E-state index contributed by atoms with van der Waals surface area (Å²) < 4.78 is 5.43. The van der Waals surface area contributed by atoms with Crippen LogP contribution in [0.1, 0.15) is 43.7 Å². The van der Waals surface area contributed by atoms with E-state index in [1.54, 1.807) is 12.4 Å². The van der Waals surface area contributed by atoms with Crippen molar-refractivity contribution < 1.29 is 14.3 Å². The summed E-state index contributed by atoms with van der Waals surface area (Å²) >= 11 is 0. The molecule has 0 radical (unpaired) electrons. The highest BCUT2D eigenvalue weighted by atomic mass is 16.5. The Labute approximate surface area is 173 Å². The van der Waals surface area contributed by atoms with Crippen LogP contribution in [0.2, 0.25) is 0 Å². The van der Waals surface area contributed by atoms with Gasteiger partial charge in [-0.2, -0.15) is 0 Å². The lowest BCUT2D eigenvalue weighted by atomic mass is 9.74. The predicted octanol–water partition coefficient (Wildman–Crippen LogP) is 3.82. The summed E-state index contributed by atoms with van der Waals surface area (Å²) in [6.07, 6.45) is 7.81. The number of esters is 1. The van der Waals surface area contributed by atoms with E-state index >= 15 is 0 Å². The highest BCUT2D eigenvalue weighted by molar-refractivity contribution is 5.80. The number of likely N-dealkylation sites (tertiary alicyclic amines) is 1. The van der Waals surface area contributed by atoms with Crippen molar-refractivity contribution in [2.75, 3.05) is 19.7 Å². The third-order valence-corrected chi connectivity index (χ3v) is 5.82. The first kappa shape index (κ1) is 21.0. The lowest BCUT2D eigenvalue weighted by molar-refractivity contribution is -0.161. The molecule has 0 atom stereocenters. The Morgan fingerprint density at radius 2 is 1.79 bits per heavy atom. The predicted molar refractivity (Wildman–Crippen MR) is 112 cm³/mol. The Morgan fingerprint density at radius 1 is 1.07 bits per heavy atom. The van der Waals surface area contributed by atoms with Crippen LogP contribution in [0, 0.1) is 5.41 Å². The molecule has 1 aromatic heterocycles. The van der Waals surface area contributed by atoms with Crippen molar-refractivity contribution >= 4 is 11.9 Å². The van der Waals surface area contributed by atoms with Crippen LogP contribution >= 0.6 is 0 Å². The van der Waals surface area contributed by atoms with Crippen LogP contribution in [0.15, 0.2) is 54.9 Å². The third kappa shape index (κ3) is 5.66. The van der Waals surface area contributed by atoms with E-state index < -0.39 is 5.41 Å². The van der Waals surface area contributed by atoms with Crippen LogP contribution in [0.3, 0.4) is 0 Å². The molecular formula is C24H30N2O3. The summed E-state index contributed by atoms with van der Waals surface area (Å²) in [7, 11) is 0. The Kier molecular flexibility index (Phi) is 7.39. The van der Waals surface area contributed by atoms with Gasteiger partial charge < -0.3 is 9.64 Å². The molecule has 2 heterocycles. The Hall–Kier alpha value is -2.69.